The second kappa shape index (κ2) is 4.70. The maximum absolute atomic E-state index is 8.87. The SMILES string of the molecule is OCCCc1cnoc1-c1ccc2c(c1)OCO2. The highest BCUT2D eigenvalue weighted by atomic mass is 16.7. The molecule has 0 atom stereocenters. The molecule has 94 valence electrons. The van der Waals surface area contributed by atoms with Gasteiger partial charge < -0.3 is 19.1 Å². The molecule has 0 radical (unpaired) electrons. The first-order valence-corrected chi connectivity index (χ1v) is 5.83. The summed E-state index contributed by atoms with van der Waals surface area (Å²) in [6, 6.07) is 5.65. The average Bonchev–Trinajstić information content (AvgIpc) is 3.03. The van der Waals surface area contributed by atoms with E-state index >= 15 is 0 Å². The molecule has 18 heavy (non-hydrogen) atoms. The Bertz CT molecular complexity index is 550. The number of fused-ring (bicyclic) bond motifs is 1. The normalized spacial score (nSPS) is 12.9. The molecule has 1 aliphatic rings. The van der Waals surface area contributed by atoms with E-state index in [9.17, 15) is 0 Å². The molecular weight excluding hydrogens is 234 g/mol. The van der Waals surface area contributed by atoms with E-state index in [1.54, 1.807) is 6.20 Å². The highest BCUT2D eigenvalue weighted by Crippen LogP contribution is 2.36. The van der Waals surface area contributed by atoms with Crippen LogP contribution in [0.2, 0.25) is 0 Å². The van der Waals surface area contributed by atoms with Crippen LogP contribution in [-0.4, -0.2) is 23.7 Å². The fraction of sp³-hybridized carbons (Fsp3) is 0.308. The summed E-state index contributed by atoms with van der Waals surface area (Å²) >= 11 is 0. The lowest BCUT2D eigenvalue weighted by Gasteiger charge is -2.02. The molecule has 0 aliphatic carbocycles. The first kappa shape index (κ1) is 11.1. The summed E-state index contributed by atoms with van der Waals surface area (Å²) in [5, 5.41) is 12.7. The molecule has 0 bridgehead atoms. The molecule has 2 heterocycles. The zero-order valence-electron chi connectivity index (χ0n) is 9.76. The van der Waals surface area contributed by atoms with Crippen molar-refractivity contribution in [1.29, 1.82) is 0 Å². The van der Waals surface area contributed by atoms with Crippen molar-refractivity contribution < 1.29 is 19.1 Å². The van der Waals surface area contributed by atoms with Crippen LogP contribution in [0.25, 0.3) is 11.3 Å². The van der Waals surface area contributed by atoms with E-state index in [1.165, 1.54) is 0 Å². The molecule has 0 amide bonds. The van der Waals surface area contributed by atoms with Gasteiger partial charge in [0, 0.05) is 17.7 Å². The molecule has 2 aromatic rings. The lowest BCUT2D eigenvalue weighted by molar-refractivity contribution is 0.174. The minimum Gasteiger partial charge on any atom is -0.454 e. The van der Waals surface area contributed by atoms with Gasteiger partial charge in [-0.15, -0.1) is 0 Å². The molecule has 0 saturated heterocycles. The fourth-order valence-corrected chi connectivity index (χ4v) is 1.98. The molecule has 1 aliphatic heterocycles. The Morgan fingerprint density at radius 3 is 3.00 bits per heavy atom. The number of nitrogens with zero attached hydrogens (tertiary/aromatic N) is 1. The van der Waals surface area contributed by atoms with Gasteiger partial charge in [0.15, 0.2) is 17.3 Å². The molecule has 1 N–H and O–H groups in total. The smallest absolute Gasteiger partial charge is 0.231 e. The van der Waals surface area contributed by atoms with E-state index in [0.717, 1.165) is 34.8 Å². The van der Waals surface area contributed by atoms with E-state index in [1.807, 2.05) is 18.2 Å². The number of hydrogen-bond acceptors (Lipinski definition) is 5. The highest BCUT2D eigenvalue weighted by molar-refractivity contribution is 5.65. The topological polar surface area (TPSA) is 64.7 Å². The van der Waals surface area contributed by atoms with Crippen molar-refractivity contribution >= 4 is 0 Å². The van der Waals surface area contributed by atoms with Crippen molar-refractivity contribution in [2.24, 2.45) is 0 Å². The summed E-state index contributed by atoms with van der Waals surface area (Å²) in [5.41, 5.74) is 1.90. The molecule has 0 fully saturated rings. The first-order chi connectivity index (χ1) is 8.88. The van der Waals surface area contributed by atoms with Gasteiger partial charge in [0.05, 0.1) is 6.20 Å². The number of aryl methyl sites for hydroxylation is 1. The summed E-state index contributed by atoms with van der Waals surface area (Å²) < 4.78 is 15.9. The standard InChI is InChI=1S/C13H13NO4/c15-5-1-2-10-7-14-18-13(10)9-3-4-11-12(6-9)17-8-16-11/h3-4,6-7,15H,1-2,5,8H2. The van der Waals surface area contributed by atoms with Gasteiger partial charge >= 0.3 is 0 Å². The van der Waals surface area contributed by atoms with Crippen LogP contribution < -0.4 is 9.47 Å². The van der Waals surface area contributed by atoms with Gasteiger partial charge in [-0.25, -0.2) is 0 Å². The Kier molecular flexibility index (Phi) is 2.90. The number of ether oxygens (including phenoxy) is 2. The molecule has 1 aromatic carbocycles. The maximum Gasteiger partial charge on any atom is 0.231 e. The zero-order chi connectivity index (χ0) is 12.4. The molecule has 0 spiro atoms. The fourth-order valence-electron chi connectivity index (χ4n) is 1.98. The summed E-state index contributed by atoms with van der Waals surface area (Å²) in [6.07, 6.45) is 3.12. The summed E-state index contributed by atoms with van der Waals surface area (Å²) in [6.45, 7) is 0.415. The Morgan fingerprint density at radius 2 is 2.11 bits per heavy atom. The van der Waals surface area contributed by atoms with Crippen LogP contribution in [0.4, 0.5) is 0 Å². The molecule has 1 aromatic heterocycles. The monoisotopic (exact) mass is 247 g/mol. The number of hydrogen-bond donors (Lipinski definition) is 1. The Balaban J connectivity index is 1.92. The van der Waals surface area contributed by atoms with Crippen LogP contribution in [0, 0.1) is 0 Å². The Hall–Kier alpha value is -2.01. The quantitative estimate of drug-likeness (QED) is 0.895. The molecule has 0 unspecified atom stereocenters. The Labute approximate surface area is 104 Å². The lowest BCUT2D eigenvalue weighted by Crippen LogP contribution is -1.92. The molecule has 0 saturated carbocycles. The van der Waals surface area contributed by atoms with Crippen LogP contribution >= 0.6 is 0 Å². The summed E-state index contributed by atoms with van der Waals surface area (Å²) in [4.78, 5) is 0. The maximum atomic E-state index is 8.87. The van der Waals surface area contributed by atoms with Crippen LogP contribution in [0.1, 0.15) is 12.0 Å². The van der Waals surface area contributed by atoms with Crippen molar-refractivity contribution in [2.45, 2.75) is 12.8 Å². The van der Waals surface area contributed by atoms with E-state index in [0.29, 0.717) is 6.42 Å². The highest BCUT2D eigenvalue weighted by Gasteiger charge is 2.17. The van der Waals surface area contributed by atoms with Gasteiger partial charge in [0.25, 0.3) is 0 Å². The van der Waals surface area contributed by atoms with Gasteiger partial charge in [-0.2, -0.15) is 0 Å². The third kappa shape index (κ3) is 1.93. The predicted octanol–water partition coefficient (Wildman–Crippen LogP) is 2.00. The second-order valence-corrected chi connectivity index (χ2v) is 4.08. The van der Waals surface area contributed by atoms with Gasteiger partial charge in [0.1, 0.15) is 0 Å². The van der Waals surface area contributed by atoms with Crippen molar-refractivity contribution in [3.63, 3.8) is 0 Å². The number of aliphatic hydroxyl groups excluding tert-OH is 1. The summed E-state index contributed by atoms with van der Waals surface area (Å²) in [7, 11) is 0. The summed E-state index contributed by atoms with van der Waals surface area (Å²) in [5.74, 6) is 2.19. The van der Waals surface area contributed by atoms with Gasteiger partial charge in [0.2, 0.25) is 6.79 Å². The van der Waals surface area contributed by atoms with E-state index in [4.69, 9.17) is 19.1 Å². The van der Waals surface area contributed by atoms with Crippen LogP contribution in [-0.2, 0) is 6.42 Å². The van der Waals surface area contributed by atoms with Crippen molar-refractivity contribution in [3.05, 3.63) is 30.0 Å². The number of benzene rings is 1. The van der Waals surface area contributed by atoms with Crippen LogP contribution in [0.3, 0.4) is 0 Å². The largest absolute Gasteiger partial charge is 0.454 e. The van der Waals surface area contributed by atoms with Gasteiger partial charge in [-0.1, -0.05) is 5.16 Å². The van der Waals surface area contributed by atoms with Crippen molar-refractivity contribution in [3.8, 4) is 22.8 Å². The van der Waals surface area contributed by atoms with E-state index < -0.39 is 0 Å². The molecule has 3 rings (SSSR count). The molecular formula is C13H13NO4. The number of rotatable bonds is 4. The van der Waals surface area contributed by atoms with Crippen LogP contribution in [0.15, 0.2) is 28.9 Å². The third-order valence-electron chi connectivity index (χ3n) is 2.88. The van der Waals surface area contributed by atoms with E-state index in [2.05, 4.69) is 5.16 Å². The minimum absolute atomic E-state index is 0.158. The van der Waals surface area contributed by atoms with Gasteiger partial charge in [-0.3, -0.25) is 0 Å². The zero-order valence-corrected chi connectivity index (χ0v) is 9.76. The minimum atomic E-state index is 0.158. The van der Waals surface area contributed by atoms with Gasteiger partial charge in [-0.05, 0) is 31.0 Å². The lowest BCUT2D eigenvalue weighted by atomic mass is 10.1. The average molecular weight is 247 g/mol. The van der Waals surface area contributed by atoms with E-state index in [-0.39, 0.29) is 13.4 Å². The molecule has 5 nitrogen and oxygen atoms in total. The van der Waals surface area contributed by atoms with Crippen molar-refractivity contribution in [2.75, 3.05) is 13.4 Å². The number of aliphatic hydroxyl groups is 1. The number of aromatic nitrogens is 1. The predicted molar refractivity (Wildman–Crippen MR) is 63.5 cm³/mol. The molecule has 5 heteroatoms. The first-order valence-electron chi connectivity index (χ1n) is 5.83. The Morgan fingerprint density at radius 1 is 1.22 bits per heavy atom. The second-order valence-electron chi connectivity index (χ2n) is 4.08. The van der Waals surface area contributed by atoms with Crippen LogP contribution in [0.5, 0.6) is 11.5 Å². The van der Waals surface area contributed by atoms with Crippen molar-refractivity contribution in [1.82, 2.24) is 5.16 Å². The third-order valence-corrected chi connectivity index (χ3v) is 2.88.